The third-order valence-corrected chi connectivity index (χ3v) is 8.64. The van der Waals surface area contributed by atoms with Crippen molar-refractivity contribution in [3.63, 3.8) is 0 Å². The molecule has 1 amide bonds. The van der Waals surface area contributed by atoms with Crippen molar-refractivity contribution in [3.05, 3.63) is 99.5 Å². The number of anilines is 1. The van der Waals surface area contributed by atoms with Crippen molar-refractivity contribution in [2.75, 3.05) is 4.31 Å². The highest BCUT2D eigenvalue weighted by Gasteiger charge is 2.35. The number of amides is 1. The second-order valence-electron chi connectivity index (χ2n) is 8.18. The molecule has 0 fully saturated rings. The summed E-state index contributed by atoms with van der Waals surface area (Å²) >= 11 is 0.861. The van der Waals surface area contributed by atoms with E-state index in [0.29, 0.717) is 39.5 Å². The summed E-state index contributed by atoms with van der Waals surface area (Å²) in [7, 11) is -4.37. The van der Waals surface area contributed by atoms with Crippen LogP contribution in [0.2, 0.25) is 0 Å². The van der Waals surface area contributed by atoms with Crippen LogP contribution in [0.15, 0.2) is 87.2 Å². The van der Waals surface area contributed by atoms with E-state index in [1.807, 2.05) is 19.9 Å². The summed E-state index contributed by atoms with van der Waals surface area (Å²) in [5.74, 6) is -0.721. The Kier molecular flexibility index (Phi) is 6.19. The molecule has 0 saturated carbocycles. The van der Waals surface area contributed by atoms with E-state index in [-0.39, 0.29) is 16.1 Å². The van der Waals surface area contributed by atoms with Crippen LogP contribution in [0, 0.1) is 0 Å². The van der Waals surface area contributed by atoms with Crippen LogP contribution in [-0.2, 0) is 22.9 Å². The van der Waals surface area contributed by atoms with E-state index in [4.69, 9.17) is 4.42 Å². The van der Waals surface area contributed by atoms with Gasteiger partial charge in [0.1, 0.15) is 0 Å². The van der Waals surface area contributed by atoms with Crippen LogP contribution in [0.4, 0.5) is 5.69 Å². The molecule has 2 heterocycles. The summed E-state index contributed by atoms with van der Waals surface area (Å²) in [5, 5.41) is 1.02. The van der Waals surface area contributed by atoms with E-state index in [0.717, 1.165) is 21.2 Å². The minimum atomic E-state index is -4.37. The largest absolute Gasteiger partial charge is 0.413 e. The lowest BCUT2D eigenvalue weighted by molar-refractivity contribution is 0.101. The molecule has 0 aliphatic heterocycles. The highest BCUT2D eigenvalue weighted by atomic mass is 32.2. The summed E-state index contributed by atoms with van der Waals surface area (Å²) < 4.78 is 35.5. The molecule has 0 spiro atoms. The van der Waals surface area contributed by atoms with Gasteiger partial charge in [-0.3, -0.25) is 9.78 Å². The van der Waals surface area contributed by atoms with E-state index >= 15 is 0 Å². The summed E-state index contributed by atoms with van der Waals surface area (Å²) in [6.07, 6.45) is 3.99. The maximum absolute atomic E-state index is 14.4. The fraction of sp³-hybridized carbons (Fsp3) is 0.148. The predicted octanol–water partition coefficient (Wildman–Crippen LogP) is 5.56. The van der Waals surface area contributed by atoms with Gasteiger partial charge in [-0.05, 0) is 48.2 Å². The molecule has 0 unspecified atom stereocenters. The normalized spacial score (nSPS) is 11.7. The lowest BCUT2D eigenvalue weighted by Gasteiger charge is -2.25. The van der Waals surface area contributed by atoms with Crippen LogP contribution in [0.3, 0.4) is 0 Å². The maximum Gasteiger partial charge on any atom is 0.396 e. The minimum Gasteiger partial charge on any atom is -0.413 e. The van der Waals surface area contributed by atoms with Crippen molar-refractivity contribution < 1.29 is 17.6 Å². The first-order valence-corrected chi connectivity index (χ1v) is 13.7. The quantitative estimate of drug-likeness (QED) is 0.292. The van der Waals surface area contributed by atoms with E-state index in [1.54, 1.807) is 42.5 Å². The predicted molar refractivity (Wildman–Crippen MR) is 141 cm³/mol. The number of hydrogen-bond acceptors (Lipinski definition) is 7. The second kappa shape index (κ2) is 9.33. The average molecular weight is 519 g/mol. The van der Waals surface area contributed by atoms with Crippen LogP contribution in [0.5, 0.6) is 0 Å². The molecule has 0 atom stereocenters. The van der Waals surface area contributed by atoms with Crippen molar-refractivity contribution in [3.8, 4) is 0 Å². The average Bonchev–Trinajstić information content (AvgIpc) is 3.29. The summed E-state index contributed by atoms with van der Waals surface area (Å²) in [4.78, 5) is 29.6. The van der Waals surface area contributed by atoms with Gasteiger partial charge in [0.15, 0.2) is 5.58 Å². The molecule has 7 nitrogen and oxygen atoms in total. The molecular formula is C27H22N2O5S2. The molecule has 0 aliphatic carbocycles. The Labute approximate surface area is 211 Å². The highest BCUT2D eigenvalue weighted by Crippen LogP contribution is 2.39. The number of carbonyl (C=O) groups is 1. The van der Waals surface area contributed by atoms with Crippen LogP contribution < -0.4 is 9.24 Å². The van der Waals surface area contributed by atoms with Gasteiger partial charge in [-0.2, -0.15) is 4.31 Å². The highest BCUT2D eigenvalue weighted by molar-refractivity contribution is 7.93. The van der Waals surface area contributed by atoms with Crippen molar-refractivity contribution in [1.82, 2.24) is 4.98 Å². The van der Waals surface area contributed by atoms with E-state index in [2.05, 4.69) is 4.98 Å². The monoisotopic (exact) mass is 518 g/mol. The Hall–Kier alpha value is -3.82. The first-order valence-electron chi connectivity index (χ1n) is 11.4. The molecule has 0 N–H and O–H groups in total. The van der Waals surface area contributed by atoms with E-state index in [9.17, 15) is 18.0 Å². The minimum absolute atomic E-state index is 0.0799. The molecule has 5 aromatic rings. The number of aryl methyl sites for hydroxylation is 2. The lowest BCUT2D eigenvalue weighted by atomic mass is 10.1. The Morgan fingerprint density at radius 3 is 2.39 bits per heavy atom. The fourth-order valence-corrected chi connectivity index (χ4v) is 6.75. The van der Waals surface area contributed by atoms with E-state index in [1.165, 1.54) is 24.5 Å². The van der Waals surface area contributed by atoms with Gasteiger partial charge in [0, 0.05) is 28.7 Å². The summed E-state index contributed by atoms with van der Waals surface area (Å²) in [6, 6.07) is 16.8. The molecule has 5 rings (SSSR count). The number of carbonyl (C=O) groups excluding carboxylic acids is 1. The summed E-state index contributed by atoms with van der Waals surface area (Å²) in [5.41, 5.74) is 2.14. The van der Waals surface area contributed by atoms with Crippen LogP contribution in [-0.4, -0.2) is 19.3 Å². The number of nitrogens with zero attached hydrogens (tertiary/aromatic N) is 2. The number of aromatic nitrogens is 1. The molecule has 0 aliphatic rings. The van der Waals surface area contributed by atoms with Gasteiger partial charge in [-0.15, -0.1) is 0 Å². The molecule has 9 heteroatoms. The Balaban J connectivity index is 1.87. The Morgan fingerprint density at radius 1 is 0.972 bits per heavy atom. The van der Waals surface area contributed by atoms with Gasteiger partial charge in [0.05, 0.1) is 15.3 Å². The third-order valence-electron chi connectivity index (χ3n) is 6.09. The smallest absolute Gasteiger partial charge is 0.396 e. The van der Waals surface area contributed by atoms with Gasteiger partial charge >= 0.3 is 4.94 Å². The van der Waals surface area contributed by atoms with Gasteiger partial charge in [-0.25, -0.2) is 13.2 Å². The standard InChI is InChI=1S/C27H22N2O5S2/c1-3-17-9-10-18(4-2)24(15-17)36(32,33)29(26(30)19-11-13-28-14-12-19)22-16-23-25(34-27(31)35-23)21-8-6-5-7-20(21)22/h5-16H,3-4H2,1-2H3. The van der Waals surface area contributed by atoms with Crippen molar-refractivity contribution in [2.24, 2.45) is 0 Å². The number of fused-ring (bicyclic) bond motifs is 3. The molecule has 182 valence electrons. The first kappa shape index (κ1) is 23.9. The van der Waals surface area contributed by atoms with Crippen LogP contribution in [0.1, 0.15) is 35.3 Å². The first-order chi connectivity index (χ1) is 17.3. The second-order valence-corrected chi connectivity index (χ2v) is 10.9. The number of benzene rings is 3. The fourth-order valence-electron chi connectivity index (χ4n) is 4.26. The van der Waals surface area contributed by atoms with Crippen LogP contribution >= 0.6 is 11.3 Å². The third kappa shape index (κ3) is 4.00. The van der Waals surface area contributed by atoms with Gasteiger partial charge in [0.2, 0.25) is 0 Å². The van der Waals surface area contributed by atoms with Crippen molar-refractivity contribution >= 4 is 54.0 Å². The molecule has 0 saturated heterocycles. The molecule has 2 aromatic heterocycles. The van der Waals surface area contributed by atoms with Gasteiger partial charge < -0.3 is 4.42 Å². The molecule has 0 radical (unpaired) electrons. The zero-order valence-corrected chi connectivity index (χ0v) is 21.2. The number of sulfonamides is 1. The number of pyridine rings is 1. The molecule has 36 heavy (non-hydrogen) atoms. The molecule has 0 bridgehead atoms. The molecule has 3 aromatic carbocycles. The van der Waals surface area contributed by atoms with Crippen molar-refractivity contribution in [2.45, 2.75) is 31.6 Å². The number of rotatable bonds is 6. The van der Waals surface area contributed by atoms with E-state index < -0.39 is 20.9 Å². The SMILES string of the molecule is CCc1ccc(CC)c(S(=O)(=O)N(C(=O)c2ccncc2)c2cc3sc(=O)oc3c3ccccc23)c1. The lowest BCUT2D eigenvalue weighted by Crippen LogP contribution is -2.37. The maximum atomic E-state index is 14.4. The van der Waals surface area contributed by atoms with Crippen LogP contribution in [0.25, 0.3) is 21.1 Å². The van der Waals surface area contributed by atoms with Gasteiger partial charge in [-0.1, -0.05) is 61.6 Å². The summed E-state index contributed by atoms with van der Waals surface area (Å²) in [6.45, 7) is 3.82. The zero-order valence-electron chi connectivity index (χ0n) is 19.6. The topological polar surface area (TPSA) is 97.5 Å². The van der Waals surface area contributed by atoms with Gasteiger partial charge in [0.25, 0.3) is 15.9 Å². The van der Waals surface area contributed by atoms with Crippen molar-refractivity contribution in [1.29, 1.82) is 0 Å². The Morgan fingerprint density at radius 2 is 1.69 bits per heavy atom. The Bertz CT molecular complexity index is 1770. The number of hydrogen-bond donors (Lipinski definition) is 0. The zero-order chi connectivity index (χ0) is 25.4. The molecular weight excluding hydrogens is 496 g/mol.